The van der Waals surface area contributed by atoms with Crippen LogP contribution in [0.15, 0.2) is 18.2 Å². The average molecular weight is 292 g/mol. The van der Waals surface area contributed by atoms with E-state index in [2.05, 4.69) is 30.1 Å². The van der Waals surface area contributed by atoms with Crippen LogP contribution in [0.2, 0.25) is 0 Å². The smallest absolute Gasteiger partial charge is 0.146 e. The molecular weight excluding hydrogens is 263 g/mol. The van der Waals surface area contributed by atoms with Crippen LogP contribution in [0.4, 0.5) is 10.1 Å². The minimum Gasteiger partial charge on any atom is -0.369 e. The Kier molecular flexibility index (Phi) is 6.50. The molecule has 0 saturated carbocycles. The van der Waals surface area contributed by atoms with Crippen molar-refractivity contribution >= 4 is 5.69 Å². The molecule has 2 nitrogen and oxygen atoms in total. The molecule has 1 aliphatic rings. The van der Waals surface area contributed by atoms with Crippen LogP contribution in [0.5, 0.6) is 0 Å². The quantitative estimate of drug-likeness (QED) is 0.849. The second kappa shape index (κ2) is 8.38. The third-order valence-electron chi connectivity index (χ3n) is 4.37. The second-order valence-corrected chi connectivity index (χ2v) is 6.14. The molecule has 1 heterocycles. The van der Waals surface area contributed by atoms with E-state index in [4.69, 9.17) is 0 Å². The number of hydrogen-bond donors (Lipinski definition) is 1. The first-order valence-electron chi connectivity index (χ1n) is 8.50. The summed E-state index contributed by atoms with van der Waals surface area (Å²) in [5, 5.41) is 3.41. The molecule has 0 spiro atoms. The van der Waals surface area contributed by atoms with E-state index in [0.717, 1.165) is 37.3 Å². The normalized spacial score (nSPS) is 18.1. The van der Waals surface area contributed by atoms with Crippen molar-refractivity contribution in [2.24, 2.45) is 0 Å². The zero-order valence-electron chi connectivity index (χ0n) is 13.5. The number of benzene rings is 1. The molecular formula is C18H29FN2. The van der Waals surface area contributed by atoms with Crippen molar-refractivity contribution in [3.63, 3.8) is 0 Å². The Balaban J connectivity index is 2.06. The van der Waals surface area contributed by atoms with Crippen LogP contribution >= 0.6 is 0 Å². The van der Waals surface area contributed by atoms with Gasteiger partial charge in [-0.1, -0.05) is 32.3 Å². The number of hydrogen-bond acceptors (Lipinski definition) is 2. The van der Waals surface area contributed by atoms with Gasteiger partial charge >= 0.3 is 0 Å². The molecule has 118 valence electrons. The summed E-state index contributed by atoms with van der Waals surface area (Å²) in [6.45, 7) is 7.18. The molecule has 1 aliphatic heterocycles. The minimum absolute atomic E-state index is 0.0711. The molecule has 0 radical (unpaired) electrons. The molecule has 1 aromatic rings. The van der Waals surface area contributed by atoms with Crippen molar-refractivity contribution in [2.45, 2.75) is 58.4 Å². The predicted molar refractivity (Wildman–Crippen MR) is 88.4 cm³/mol. The van der Waals surface area contributed by atoms with E-state index in [0.29, 0.717) is 0 Å². The van der Waals surface area contributed by atoms with Gasteiger partial charge in [-0.05, 0) is 50.4 Å². The molecule has 21 heavy (non-hydrogen) atoms. The summed E-state index contributed by atoms with van der Waals surface area (Å²) in [7, 11) is 0. The standard InChI is InChI=1S/C18H29FN2/c1-3-11-20-15(2)16-9-10-18(17(19)14-16)21-12-7-5-4-6-8-13-21/h9-10,14-15,20H,3-8,11-13H2,1-2H3. The van der Waals surface area contributed by atoms with Crippen LogP contribution < -0.4 is 10.2 Å². The summed E-state index contributed by atoms with van der Waals surface area (Å²) in [5.41, 5.74) is 1.82. The number of rotatable bonds is 5. The van der Waals surface area contributed by atoms with Crippen LogP contribution in [0, 0.1) is 5.82 Å². The summed E-state index contributed by atoms with van der Waals surface area (Å²) in [6.07, 6.45) is 7.32. The molecule has 1 saturated heterocycles. The van der Waals surface area contributed by atoms with Gasteiger partial charge in [0, 0.05) is 19.1 Å². The van der Waals surface area contributed by atoms with Gasteiger partial charge in [0.2, 0.25) is 0 Å². The highest BCUT2D eigenvalue weighted by molar-refractivity contribution is 5.49. The molecule has 1 aromatic carbocycles. The van der Waals surface area contributed by atoms with Crippen molar-refractivity contribution in [3.8, 4) is 0 Å². The number of nitrogens with one attached hydrogen (secondary N) is 1. The van der Waals surface area contributed by atoms with E-state index in [9.17, 15) is 4.39 Å². The maximum absolute atomic E-state index is 14.5. The molecule has 1 unspecified atom stereocenters. The first kappa shape index (κ1) is 16.3. The van der Waals surface area contributed by atoms with Crippen LogP contribution in [0.3, 0.4) is 0 Å². The Hall–Kier alpha value is -1.09. The fourth-order valence-electron chi connectivity index (χ4n) is 3.02. The minimum atomic E-state index is -0.0711. The molecule has 0 bridgehead atoms. The van der Waals surface area contributed by atoms with Gasteiger partial charge in [0.1, 0.15) is 5.82 Å². The van der Waals surface area contributed by atoms with Crippen LogP contribution in [-0.2, 0) is 0 Å². The third-order valence-corrected chi connectivity index (χ3v) is 4.37. The molecule has 1 N–H and O–H groups in total. The molecule has 2 rings (SSSR count). The molecule has 0 aliphatic carbocycles. The highest BCUT2D eigenvalue weighted by Gasteiger charge is 2.15. The number of halogens is 1. The van der Waals surface area contributed by atoms with Crippen molar-refractivity contribution < 1.29 is 4.39 Å². The van der Waals surface area contributed by atoms with E-state index in [-0.39, 0.29) is 11.9 Å². The number of nitrogens with zero attached hydrogens (tertiary/aromatic N) is 1. The van der Waals surface area contributed by atoms with Crippen molar-refractivity contribution in [3.05, 3.63) is 29.6 Å². The largest absolute Gasteiger partial charge is 0.369 e. The lowest BCUT2D eigenvalue weighted by Gasteiger charge is -2.27. The monoisotopic (exact) mass is 292 g/mol. The lowest BCUT2D eigenvalue weighted by atomic mass is 10.0. The molecule has 1 fully saturated rings. The van der Waals surface area contributed by atoms with Crippen LogP contribution in [-0.4, -0.2) is 19.6 Å². The maximum Gasteiger partial charge on any atom is 0.146 e. The third kappa shape index (κ3) is 4.70. The highest BCUT2D eigenvalue weighted by Crippen LogP contribution is 2.25. The Labute approximate surface area is 128 Å². The lowest BCUT2D eigenvalue weighted by molar-refractivity contribution is 0.540. The Morgan fingerprint density at radius 3 is 2.43 bits per heavy atom. The fourth-order valence-corrected chi connectivity index (χ4v) is 3.02. The van der Waals surface area contributed by atoms with Crippen molar-refractivity contribution in [2.75, 3.05) is 24.5 Å². The Morgan fingerprint density at radius 1 is 1.14 bits per heavy atom. The van der Waals surface area contributed by atoms with Crippen molar-refractivity contribution in [1.82, 2.24) is 5.32 Å². The topological polar surface area (TPSA) is 15.3 Å². The van der Waals surface area contributed by atoms with E-state index < -0.39 is 0 Å². The van der Waals surface area contributed by atoms with E-state index in [1.807, 2.05) is 6.07 Å². The highest BCUT2D eigenvalue weighted by atomic mass is 19.1. The van der Waals surface area contributed by atoms with Crippen LogP contribution in [0.1, 0.15) is 64.0 Å². The first-order valence-corrected chi connectivity index (χ1v) is 8.50. The fraction of sp³-hybridized carbons (Fsp3) is 0.667. The summed E-state index contributed by atoms with van der Waals surface area (Å²) in [5.74, 6) is -0.0711. The summed E-state index contributed by atoms with van der Waals surface area (Å²) in [6, 6.07) is 5.96. The summed E-state index contributed by atoms with van der Waals surface area (Å²) >= 11 is 0. The zero-order chi connectivity index (χ0) is 15.1. The van der Waals surface area contributed by atoms with E-state index in [1.165, 1.54) is 32.1 Å². The SMILES string of the molecule is CCCNC(C)c1ccc(N2CCCCCCC2)c(F)c1. The maximum atomic E-state index is 14.5. The molecule has 3 heteroatoms. The van der Waals surface area contributed by atoms with Gasteiger partial charge < -0.3 is 10.2 Å². The van der Waals surface area contributed by atoms with Crippen molar-refractivity contribution in [1.29, 1.82) is 0 Å². The van der Waals surface area contributed by atoms with Gasteiger partial charge in [0.05, 0.1) is 5.69 Å². The van der Waals surface area contributed by atoms with E-state index >= 15 is 0 Å². The molecule has 1 atom stereocenters. The summed E-state index contributed by atoms with van der Waals surface area (Å²) < 4.78 is 14.5. The Bertz CT molecular complexity index is 425. The second-order valence-electron chi connectivity index (χ2n) is 6.14. The van der Waals surface area contributed by atoms with Gasteiger partial charge in [-0.15, -0.1) is 0 Å². The van der Waals surface area contributed by atoms with Gasteiger partial charge in [-0.25, -0.2) is 4.39 Å². The average Bonchev–Trinajstić information content (AvgIpc) is 2.45. The summed E-state index contributed by atoms with van der Waals surface area (Å²) in [4.78, 5) is 2.22. The lowest BCUT2D eigenvalue weighted by Crippen LogP contribution is -2.28. The molecule has 0 amide bonds. The first-order chi connectivity index (χ1) is 10.2. The van der Waals surface area contributed by atoms with Gasteiger partial charge in [0.25, 0.3) is 0 Å². The van der Waals surface area contributed by atoms with Gasteiger partial charge in [0.15, 0.2) is 0 Å². The Morgan fingerprint density at radius 2 is 1.81 bits per heavy atom. The number of anilines is 1. The molecule has 0 aromatic heterocycles. The van der Waals surface area contributed by atoms with E-state index in [1.54, 1.807) is 6.07 Å². The van der Waals surface area contributed by atoms with Gasteiger partial charge in [-0.2, -0.15) is 0 Å². The van der Waals surface area contributed by atoms with Crippen LogP contribution in [0.25, 0.3) is 0 Å². The van der Waals surface area contributed by atoms with Gasteiger partial charge in [-0.3, -0.25) is 0 Å². The zero-order valence-corrected chi connectivity index (χ0v) is 13.5. The predicted octanol–water partition coefficient (Wildman–Crippen LogP) is 4.66.